The number of carbonyl (C=O) groups is 2. The van der Waals surface area contributed by atoms with E-state index in [-0.39, 0.29) is 12.5 Å². The molecule has 1 atom stereocenters. The van der Waals surface area contributed by atoms with E-state index in [1.54, 1.807) is 6.92 Å². The molecule has 1 aromatic heterocycles. The van der Waals surface area contributed by atoms with Gasteiger partial charge in [0.2, 0.25) is 5.89 Å². The zero-order chi connectivity index (χ0) is 18.1. The first-order valence-corrected chi connectivity index (χ1v) is 8.58. The topological polar surface area (TPSA) is 75.4 Å². The summed E-state index contributed by atoms with van der Waals surface area (Å²) in [5.74, 6) is 0.0997. The molecule has 1 aliphatic rings. The number of fused-ring (bicyclic) bond motifs is 1. The molecule has 0 radical (unpaired) electrons. The van der Waals surface area contributed by atoms with Gasteiger partial charge in [0.05, 0.1) is 0 Å². The molecule has 4 rings (SSSR count). The van der Waals surface area contributed by atoms with Crippen molar-refractivity contribution in [3.63, 3.8) is 0 Å². The van der Waals surface area contributed by atoms with E-state index in [4.69, 9.17) is 4.42 Å². The van der Waals surface area contributed by atoms with Crippen molar-refractivity contribution in [2.75, 3.05) is 0 Å². The van der Waals surface area contributed by atoms with Gasteiger partial charge in [0.1, 0.15) is 17.6 Å². The Morgan fingerprint density at radius 1 is 1.08 bits per heavy atom. The molecule has 3 aromatic rings. The number of oxazole rings is 1. The van der Waals surface area contributed by atoms with Crippen molar-refractivity contribution in [3.05, 3.63) is 66.1 Å². The number of carbonyl (C=O) groups excluding carboxylic acids is 2. The zero-order valence-corrected chi connectivity index (χ0v) is 14.4. The van der Waals surface area contributed by atoms with Crippen LogP contribution in [0.15, 0.2) is 59.0 Å². The summed E-state index contributed by atoms with van der Waals surface area (Å²) in [5, 5.41) is 2.82. The number of urea groups is 1. The molecule has 0 saturated carbocycles. The summed E-state index contributed by atoms with van der Waals surface area (Å²) in [4.78, 5) is 30.7. The molecule has 132 valence electrons. The SMILES string of the molecule is CC1(CCc2ccccc2)NC(=O)N(Cc2nc3ccccc3o2)C1=O. The Labute approximate surface area is 150 Å². The molecule has 6 nitrogen and oxygen atoms in total. The first kappa shape index (κ1) is 16.3. The van der Waals surface area contributed by atoms with Crippen molar-refractivity contribution in [2.24, 2.45) is 0 Å². The van der Waals surface area contributed by atoms with E-state index in [2.05, 4.69) is 10.3 Å². The summed E-state index contributed by atoms with van der Waals surface area (Å²) in [6, 6.07) is 16.9. The van der Waals surface area contributed by atoms with E-state index in [0.29, 0.717) is 29.8 Å². The van der Waals surface area contributed by atoms with Crippen molar-refractivity contribution in [2.45, 2.75) is 31.8 Å². The Balaban J connectivity index is 1.49. The van der Waals surface area contributed by atoms with Crippen LogP contribution in [0.2, 0.25) is 0 Å². The van der Waals surface area contributed by atoms with Gasteiger partial charge in [0.25, 0.3) is 5.91 Å². The second-order valence-corrected chi connectivity index (χ2v) is 6.71. The number of nitrogens with zero attached hydrogens (tertiary/aromatic N) is 2. The Kier molecular flexibility index (Phi) is 3.95. The van der Waals surface area contributed by atoms with Crippen LogP contribution in [-0.4, -0.2) is 27.4 Å². The van der Waals surface area contributed by atoms with Gasteiger partial charge in [0, 0.05) is 0 Å². The summed E-state index contributed by atoms with van der Waals surface area (Å²) in [6.07, 6.45) is 1.24. The van der Waals surface area contributed by atoms with Gasteiger partial charge in [-0.1, -0.05) is 42.5 Å². The number of rotatable bonds is 5. The van der Waals surface area contributed by atoms with Gasteiger partial charge in [-0.05, 0) is 37.5 Å². The van der Waals surface area contributed by atoms with Gasteiger partial charge in [-0.15, -0.1) is 0 Å². The first-order chi connectivity index (χ1) is 12.5. The molecule has 1 saturated heterocycles. The van der Waals surface area contributed by atoms with E-state index >= 15 is 0 Å². The third-order valence-electron chi connectivity index (χ3n) is 4.73. The second-order valence-electron chi connectivity index (χ2n) is 6.71. The van der Waals surface area contributed by atoms with E-state index in [1.165, 1.54) is 4.90 Å². The molecule has 1 N–H and O–H groups in total. The van der Waals surface area contributed by atoms with Gasteiger partial charge < -0.3 is 9.73 Å². The van der Waals surface area contributed by atoms with Crippen LogP contribution in [0.3, 0.4) is 0 Å². The quantitative estimate of drug-likeness (QED) is 0.717. The normalized spacial score (nSPS) is 20.0. The molecule has 1 unspecified atom stereocenters. The summed E-state index contributed by atoms with van der Waals surface area (Å²) >= 11 is 0. The summed E-state index contributed by atoms with van der Waals surface area (Å²) in [5.41, 5.74) is 1.56. The molecule has 6 heteroatoms. The van der Waals surface area contributed by atoms with E-state index in [1.807, 2.05) is 54.6 Å². The molecule has 0 bridgehead atoms. The predicted octanol–water partition coefficient (Wildman–Crippen LogP) is 3.27. The maximum absolute atomic E-state index is 12.9. The number of nitrogens with one attached hydrogen (secondary N) is 1. The molecule has 0 spiro atoms. The fraction of sp³-hybridized carbons (Fsp3) is 0.250. The highest BCUT2D eigenvalue weighted by molar-refractivity contribution is 6.06. The molecule has 26 heavy (non-hydrogen) atoms. The molecule has 2 heterocycles. The maximum atomic E-state index is 12.9. The Bertz CT molecular complexity index is 934. The highest BCUT2D eigenvalue weighted by atomic mass is 16.3. The van der Waals surface area contributed by atoms with Crippen LogP contribution in [0.25, 0.3) is 11.1 Å². The van der Waals surface area contributed by atoms with E-state index in [9.17, 15) is 9.59 Å². The molecule has 1 fully saturated rings. The van der Waals surface area contributed by atoms with Crippen molar-refractivity contribution in [1.82, 2.24) is 15.2 Å². The Morgan fingerprint density at radius 3 is 2.58 bits per heavy atom. The number of benzene rings is 2. The monoisotopic (exact) mass is 349 g/mol. The summed E-state index contributed by atoms with van der Waals surface area (Å²) < 4.78 is 5.64. The molecular formula is C20H19N3O3. The number of para-hydroxylation sites is 2. The summed E-state index contributed by atoms with van der Waals surface area (Å²) in [7, 11) is 0. The molecule has 2 aromatic carbocycles. The first-order valence-electron chi connectivity index (χ1n) is 8.58. The van der Waals surface area contributed by atoms with Crippen LogP contribution < -0.4 is 5.32 Å². The highest BCUT2D eigenvalue weighted by Gasteiger charge is 2.47. The zero-order valence-electron chi connectivity index (χ0n) is 14.4. The fourth-order valence-corrected chi connectivity index (χ4v) is 3.22. The third kappa shape index (κ3) is 2.94. The number of aryl methyl sites for hydroxylation is 1. The van der Waals surface area contributed by atoms with Gasteiger partial charge in [-0.25, -0.2) is 9.78 Å². The second kappa shape index (κ2) is 6.29. The van der Waals surface area contributed by atoms with Gasteiger partial charge in [-0.3, -0.25) is 9.69 Å². The van der Waals surface area contributed by atoms with Crippen molar-refractivity contribution in [1.29, 1.82) is 0 Å². The number of amides is 3. The lowest BCUT2D eigenvalue weighted by Gasteiger charge is -2.21. The van der Waals surface area contributed by atoms with Gasteiger partial charge in [0.15, 0.2) is 5.58 Å². The number of imide groups is 1. The molecule has 0 aliphatic carbocycles. The standard InChI is InChI=1S/C20H19N3O3/c1-20(12-11-14-7-3-2-4-8-14)18(24)23(19(25)22-20)13-17-21-15-9-5-6-10-16(15)26-17/h2-10H,11-13H2,1H3,(H,22,25). The Morgan fingerprint density at radius 2 is 1.81 bits per heavy atom. The average Bonchev–Trinajstić information content (AvgIpc) is 3.15. The van der Waals surface area contributed by atoms with Crippen LogP contribution >= 0.6 is 0 Å². The minimum Gasteiger partial charge on any atom is -0.439 e. The van der Waals surface area contributed by atoms with E-state index < -0.39 is 11.6 Å². The minimum absolute atomic E-state index is 0.0280. The molecular weight excluding hydrogens is 330 g/mol. The lowest BCUT2D eigenvalue weighted by molar-refractivity contribution is -0.131. The average molecular weight is 349 g/mol. The summed E-state index contributed by atoms with van der Waals surface area (Å²) in [6.45, 7) is 1.79. The van der Waals surface area contributed by atoms with Crippen LogP contribution in [0.5, 0.6) is 0 Å². The third-order valence-corrected chi connectivity index (χ3v) is 4.73. The lowest BCUT2D eigenvalue weighted by atomic mass is 9.93. The van der Waals surface area contributed by atoms with Crippen molar-refractivity contribution < 1.29 is 14.0 Å². The molecule has 1 aliphatic heterocycles. The Hall–Kier alpha value is -3.15. The molecule has 3 amide bonds. The number of hydrogen-bond acceptors (Lipinski definition) is 4. The lowest BCUT2D eigenvalue weighted by Crippen LogP contribution is -2.44. The highest BCUT2D eigenvalue weighted by Crippen LogP contribution is 2.25. The van der Waals surface area contributed by atoms with Crippen LogP contribution in [-0.2, 0) is 17.8 Å². The van der Waals surface area contributed by atoms with E-state index in [0.717, 1.165) is 5.56 Å². The smallest absolute Gasteiger partial charge is 0.325 e. The van der Waals surface area contributed by atoms with Crippen LogP contribution in [0.1, 0.15) is 24.8 Å². The fourth-order valence-electron chi connectivity index (χ4n) is 3.22. The van der Waals surface area contributed by atoms with Crippen LogP contribution in [0, 0.1) is 0 Å². The van der Waals surface area contributed by atoms with Crippen molar-refractivity contribution >= 4 is 23.0 Å². The maximum Gasteiger partial charge on any atom is 0.325 e. The predicted molar refractivity (Wildman–Crippen MR) is 96.3 cm³/mol. The van der Waals surface area contributed by atoms with Gasteiger partial charge >= 0.3 is 6.03 Å². The van der Waals surface area contributed by atoms with Crippen LogP contribution in [0.4, 0.5) is 4.79 Å². The van der Waals surface area contributed by atoms with Crippen molar-refractivity contribution in [3.8, 4) is 0 Å². The van der Waals surface area contributed by atoms with Gasteiger partial charge in [-0.2, -0.15) is 0 Å². The number of aromatic nitrogens is 1. The largest absolute Gasteiger partial charge is 0.439 e. The number of hydrogen-bond donors (Lipinski definition) is 1. The minimum atomic E-state index is -0.918.